The predicted octanol–water partition coefficient (Wildman–Crippen LogP) is 2.37. The first-order valence-electron chi connectivity index (χ1n) is 9.75. The van der Waals surface area contributed by atoms with Gasteiger partial charge in [-0.25, -0.2) is 12.8 Å². The third kappa shape index (κ3) is 6.04. The van der Waals surface area contributed by atoms with Crippen LogP contribution in [0.2, 0.25) is 0 Å². The monoisotopic (exact) mass is 449 g/mol. The number of anilines is 1. The average Bonchev–Trinajstić information content (AvgIpc) is 2.71. The summed E-state index contributed by atoms with van der Waals surface area (Å²) in [6.45, 7) is 4.40. The van der Waals surface area contributed by atoms with Gasteiger partial charge in [0.1, 0.15) is 18.4 Å². The van der Waals surface area contributed by atoms with Crippen LogP contribution in [0.3, 0.4) is 0 Å². The van der Waals surface area contributed by atoms with Gasteiger partial charge >= 0.3 is 0 Å². The van der Waals surface area contributed by atoms with E-state index in [-0.39, 0.29) is 12.1 Å². The molecule has 0 aliphatic heterocycles. The van der Waals surface area contributed by atoms with E-state index in [0.717, 1.165) is 16.1 Å². The van der Waals surface area contributed by atoms with Crippen molar-refractivity contribution in [2.24, 2.45) is 0 Å². The van der Waals surface area contributed by atoms with Gasteiger partial charge < -0.3 is 10.2 Å². The highest BCUT2D eigenvalue weighted by atomic mass is 32.2. The zero-order valence-electron chi connectivity index (χ0n) is 18.3. The van der Waals surface area contributed by atoms with Crippen LogP contribution < -0.4 is 9.62 Å². The van der Waals surface area contributed by atoms with E-state index < -0.39 is 40.2 Å². The molecule has 2 aromatic carbocycles. The lowest BCUT2D eigenvalue weighted by Gasteiger charge is -2.31. The molecule has 0 heterocycles. The summed E-state index contributed by atoms with van der Waals surface area (Å²) < 4.78 is 40.3. The van der Waals surface area contributed by atoms with Crippen LogP contribution in [0.25, 0.3) is 0 Å². The number of nitrogens with zero attached hydrogens (tertiary/aromatic N) is 2. The van der Waals surface area contributed by atoms with Crippen molar-refractivity contribution in [3.8, 4) is 0 Å². The third-order valence-corrected chi connectivity index (χ3v) is 6.15. The fourth-order valence-corrected chi connectivity index (χ4v) is 4.08. The Hall–Kier alpha value is -2.94. The normalized spacial score (nSPS) is 12.2. The van der Waals surface area contributed by atoms with Gasteiger partial charge in [0.2, 0.25) is 21.8 Å². The van der Waals surface area contributed by atoms with E-state index in [0.29, 0.717) is 11.3 Å². The first-order chi connectivity index (χ1) is 14.5. The molecular formula is C22H28FN3O4S. The predicted molar refractivity (Wildman–Crippen MR) is 119 cm³/mol. The maximum absolute atomic E-state index is 14.2. The zero-order chi connectivity index (χ0) is 23.3. The van der Waals surface area contributed by atoms with Crippen molar-refractivity contribution in [2.45, 2.75) is 33.4 Å². The zero-order valence-corrected chi connectivity index (χ0v) is 19.2. The Labute approximate surface area is 182 Å². The van der Waals surface area contributed by atoms with Crippen molar-refractivity contribution >= 4 is 27.5 Å². The van der Waals surface area contributed by atoms with Crippen LogP contribution in [0.4, 0.5) is 10.1 Å². The Morgan fingerprint density at radius 3 is 2.35 bits per heavy atom. The van der Waals surface area contributed by atoms with Crippen molar-refractivity contribution in [2.75, 3.05) is 24.2 Å². The highest BCUT2D eigenvalue weighted by molar-refractivity contribution is 7.92. The SMILES string of the molecule is CNC(=O)[C@@H](C)N(Cc1ccccc1F)C(=O)CN(c1cc(C)ccc1C)S(C)(=O)=O. The van der Waals surface area contributed by atoms with Crippen LogP contribution in [0, 0.1) is 19.7 Å². The summed E-state index contributed by atoms with van der Waals surface area (Å²) in [5.74, 6) is -1.58. The number of aryl methyl sites for hydroxylation is 2. The number of sulfonamides is 1. The van der Waals surface area contributed by atoms with Crippen molar-refractivity contribution in [1.82, 2.24) is 10.2 Å². The highest BCUT2D eigenvalue weighted by Crippen LogP contribution is 2.24. The quantitative estimate of drug-likeness (QED) is 0.670. The van der Waals surface area contributed by atoms with Gasteiger partial charge in [0, 0.05) is 19.2 Å². The molecule has 7 nitrogen and oxygen atoms in total. The molecule has 0 saturated carbocycles. The first-order valence-corrected chi connectivity index (χ1v) is 11.6. The molecule has 2 rings (SSSR count). The first kappa shape index (κ1) is 24.3. The summed E-state index contributed by atoms with van der Waals surface area (Å²) in [4.78, 5) is 26.7. The average molecular weight is 450 g/mol. The van der Waals surface area contributed by atoms with Crippen molar-refractivity contribution in [1.29, 1.82) is 0 Å². The second-order valence-corrected chi connectivity index (χ2v) is 9.37. The topological polar surface area (TPSA) is 86.8 Å². The van der Waals surface area contributed by atoms with Gasteiger partial charge in [-0.1, -0.05) is 30.3 Å². The molecule has 2 amide bonds. The van der Waals surface area contributed by atoms with Crippen LogP contribution >= 0.6 is 0 Å². The van der Waals surface area contributed by atoms with Crippen LogP contribution in [0.5, 0.6) is 0 Å². The minimum Gasteiger partial charge on any atom is -0.357 e. The maximum Gasteiger partial charge on any atom is 0.244 e. The molecule has 0 aliphatic rings. The summed E-state index contributed by atoms with van der Waals surface area (Å²) in [6, 6.07) is 10.3. The molecule has 9 heteroatoms. The standard InChI is InChI=1S/C22H28FN3O4S/c1-15-10-11-16(2)20(12-15)26(31(5,29)30)14-21(27)25(17(3)22(28)24-4)13-18-8-6-7-9-19(18)23/h6-12,17H,13-14H2,1-5H3,(H,24,28)/t17-/m1/s1. The summed E-state index contributed by atoms with van der Waals surface area (Å²) >= 11 is 0. The number of hydrogen-bond donors (Lipinski definition) is 1. The Kier molecular flexibility index (Phi) is 7.78. The molecule has 0 aromatic heterocycles. The third-order valence-electron chi connectivity index (χ3n) is 5.02. The Bertz CT molecular complexity index is 1070. The number of carbonyl (C=O) groups is 2. The van der Waals surface area contributed by atoms with E-state index in [9.17, 15) is 22.4 Å². The van der Waals surface area contributed by atoms with Gasteiger partial charge in [-0.3, -0.25) is 13.9 Å². The highest BCUT2D eigenvalue weighted by Gasteiger charge is 2.30. The summed E-state index contributed by atoms with van der Waals surface area (Å²) in [5.41, 5.74) is 2.13. The Morgan fingerprint density at radius 2 is 1.77 bits per heavy atom. The van der Waals surface area contributed by atoms with Crippen molar-refractivity contribution in [3.63, 3.8) is 0 Å². The number of rotatable bonds is 8. The molecule has 31 heavy (non-hydrogen) atoms. The lowest BCUT2D eigenvalue weighted by atomic mass is 10.1. The van der Waals surface area contributed by atoms with Crippen LogP contribution in [0.1, 0.15) is 23.6 Å². The summed E-state index contributed by atoms with van der Waals surface area (Å²) in [5, 5.41) is 2.47. The van der Waals surface area contributed by atoms with Gasteiger partial charge in [-0.05, 0) is 44.0 Å². The fourth-order valence-electron chi connectivity index (χ4n) is 3.18. The van der Waals surface area contributed by atoms with Gasteiger partial charge in [0.15, 0.2) is 0 Å². The van der Waals surface area contributed by atoms with Gasteiger partial charge in [-0.2, -0.15) is 0 Å². The Balaban J connectivity index is 2.45. The van der Waals surface area contributed by atoms with E-state index in [4.69, 9.17) is 0 Å². The van der Waals surface area contributed by atoms with E-state index in [1.807, 2.05) is 13.0 Å². The minimum atomic E-state index is -3.81. The molecule has 1 N–H and O–H groups in total. The number of halogens is 1. The molecule has 1 atom stereocenters. The maximum atomic E-state index is 14.2. The molecule has 0 fully saturated rings. The van der Waals surface area contributed by atoms with Gasteiger partial charge in [-0.15, -0.1) is 0 Å². The number of benzene rings is 2. The fraction of sp³-hybridized carbons (Fsp3) is 0.364. The van der Waals surface area contributed by atoms with E-state index in [1.54, 1.807) is 25.1 Å². The summed E-state index contributed by atoms with van der Waals surface area (Å²) in [6.07, 6.45) is 1.02. The van der Waals surface area contributed by atoms with Crippen molar-refractivity contribution < 1.29 is 22.4 Å². The van der Waals surface area contributed by atoms with Gasteiger partial charge in [0.05, 0.1) is 11.9 Å². The molecule has 168 valence electrons. The second-order valence-electron chi connectivity index (χ2n) is 7.46. The largest absolute Gasteiger partial charge is 0.357 e. The minimum absolute atomic E-state index is 0.176. The van der Waals surface area contributed by atoms with Crippen LogP contribution in [-0.2, 0) is 26.2 Å². The summed E-state index contributed by atoms with van der Waals surface area (Å²) in [7, 11) is -2.37. The van der Waals surface area contributed by atoms with Crippen LogP contribution in [-0.4, -0.2) is 51.0 Å². The van der Waals surface area contributed by atoms with E-state index in [1.165, 1.54) is 37.1 Å². The molecule has 0 unspecified atom stereocenters. The smallest absolute Gasteiger partial charge is 0.244 e. The van der Waals surface area contributed by atoms with Crippen LogP contribution in [0.15, 0.2) is 42.5 Å². The molecular weight excluding hydrogens is 421 g/mol. The van der Waals surface area contributed by atoms with E-state index >= 15 is 0 Å². The molecule has 2 aromatic rings. The lowest BCUT2D eigenvalue weighted by Crippen LogP contribution is -2.50. The molecule has 0 saturated heterocycles. The molecule has 0 aliphatic carbocycles. The molecule has 0 spiro atoms. The number of nitrogens with one attached hydrogen (secondary N) is 1. The second kappa shape index (κ2) is 9.91. The number of amides is 2. The molecule has 0 radical (unpaired) electrons. The van der Waals surface area contributed by atoms with E-state index in [2.05, 4.69) is 5.32 Å². The number of hydrogen-bond acceptors (Lipinski definition) is 4. The number of likely N-dealkylation sites (N-methyl/N-ethyl adjacent to an activating group) is 1. The molecule has 0 bridgehead atoms. The number of carbonyl (C=O) groups excluding carboxylic acids is 2. The van der Waals surface area contributed by atoms with Crippen molar-refractivity contribution in [3.05, 3.63) is 65.0 Å². The van der Waals surface area contributed by atoms with Gasteiger partial charge in [0.25, 0.3) is 0 Å². The Morgan fingerprint density at radius 1 is 1.13 bits per heavy atom. The lowest BCUT2D eigenvalue weighted by molar-refractivity contribution is -0.139.